The summed E-state index contributed by atoms with van der Waals surface area (Å²) in [6.45, 7) is 4.36. The Morgan fingerprint density at radius 1 is 1.18 bits per heavy atom. The Balaban J connectivity index is 1.39. The van der Waals surface area contributed by atoms with E-state index in [9.17, 15) is 23.3 Å². The number of nitrogens with zero attached hydrogens (tertiary/aromatic N) is 2. The van der Waals surface area contributed by atoms with Crippen LogP contribution in [0.15, 0.2) is 59.5 Å². The second-order valence-corrected chi connectivity index (χ2v) is 12.5. The van der Waals surface area contributed by atoms with Crippen LogP contribution in [0.25, 0.3) is 10.1 Å². The van der Waals surface area contributed by atoms with Gasteiger partial charge in [-0.15, -0.1) is 11.3 Å². The molecule has 2 heterocycles. The summed E-state index contributed by atoms with van der Waals surface area (Å²) in [5.74, 6) is -0.513. The van der Waals surface area contributed by atoms with Crippen LogP contribution in [0.1, 0.15) is 35.5 Å². The Kier molecular flexibility index (Phi) is 8.79. The van der Waals surface area contributed by atoms with Crippen molar-refractivity contribution in [2.24, 2.45) is 5.92 Å². The fourth-order valence-corrected chi connectivity index (χ4v) is 6.88. The molecule has 11 heteroatoms. The fraction of sp³-hybridized carbons (Fsp3) is 0.370. The zero-order chi connectivity index (χ0) is 27.3. The summed E-state index contributed by atoms with van der Waals surface area (Å²) in [5, 5.41) is 16.0. The highest BCUT2D eigenvalue weighted by Crippen LogP contribution is 2.25. The molecule has 1 aliphatic heterocycles. The van der Waals surface area contributed by atoms with Crippen molar-refractivity contribution >= 4 is 43.3 Å². The summed E-state index contributed by atoms with van der Waals surface area (Å²) in [7, 11) is -3.90. The molecule has 3 aromatic rings. The topological polar surface area (TPSA) is 129 Å². The van der Waals surface area contributed by atoms with E-state index in [0.29, 0.717) is 11.3 Å². The third-order valence-electron chi connectivity index (χ3n) is 6.21. The van der Waals surface area contributed by atoms with Crippen LogP contribution in [0.5, 0.6) is 0 Å². The summed E-state index contributed by atoms with van der Waals surface area (Å²) < 4.78 is 34.4. The van der Waals surface area contributed by atoms with E-state index in [2.05, 4.69) is 10.6 Å². The molecule has 1 aliphatic rings. The van der Waals surface area contributed by atoms with Crippen LogP contribution in [0.2, 0.25) is 0 Å². The zero-order valence-corrected chi connectivity index (χ0v) is 22.8. The first-order valence-corrected chi connectivity index (χ1v) is 14.6. The summed E-state index contributed by atoms with van der Waals surface area (Å²) in [4.78, 5) is 26.5. The summed E-state index contributed by atoms with van der Waals surface area (Å²) in [6, 6.07) is 16.8. The van der Waals surface area contributed by atoms with Crippen molar-refractivity contribution < 1.29 is 22.7 Å². The molecule has 9 nitrogen and oxygen atoms in total. The van der Waals surface area contributed by atoms with Crippen molar-refractivity contribution in [1.29, 1.82) is 5.26 Å². The number of benzene rings is 2. The van der Waals surface area contributed by atoms with Crippen molar-refractivity contribution in [2.75, 3.05) is 26.2 Å². The van der Waals surface area contributed by atoms with Gasteiger partial charge in [-0.25, -0.2) is 8.42 Å². The first-order valence-electron chi connectivity index (χ1n) is 12.4. The van der Waals surface area contributed by atoms with Crippen LogP contribution in [-0.4, -0.2) is 62.9 Å². The van der Waals surface area contributed by atoms with Gasteiger partial charge in [0.15, 0.2) is 0 Å². The predicted octanol–water partition coefficient (Wildman–Crippen LogP) is 3.12. The highest BCUT2D eigenvalue weighted by atomic mass is 32.2. The molecule has 2 aromatic carbocycles. The van der Waals surface area contributed by atoms with E-state index in [-0.39, 0.29) is 54.4 Å². The van der Waals surface area contributed by atoms with Crippen molar-refractivity contribution in [3.63, 3.8) is 0 Å². The molecule has 1 saturated heterocycles. The largest absolute Gasteiger partial charge is 0.374 e. The lowest BCUT2D eigenvalue weighted by molar-refractivity contribution is -0.124. The number of carbonyl (C=O) groups is 2. The smallest absolute Gasteiger partial charge is 0.262 e. The Bertz CT molecular complexity index is 1430. The van der Waals surface area contributed by atoms with Crippen molar-refractivity contribution in [2.45, 2.75) is 37.3 Å². The minimum Gasteiger partial charge on any atom is -0.374 e. The minimum absolute atomic E-state index is 0.0331. The van der Waals surface area contributed by atoms with E-state index in [0.717, 1.165) is 10.1 Å². The zero-order valence-electron chi connectivity index (χ0n) is 21.2. The van der Waals surface area contributed by atoms with Crippen LogP contribution < -0.4 is 10.6 Å². The number of fused-ring (bicyclic) bond motifs is 1. The summed E-state index contributed by atoms with van der Waals surface area (Å²) in [6.07, 6.45) is -0.130. The van der Waals surface area contributed by atoms with Gasteiger partial charge in [0, 0.05) is 24.3 Å². The average Bonchev–Trinajstić information content (AvgIpc) is 3.36. The van der Waals surface area contributed by atoms with Crippen molar-refractivity contribution in [3.8, 4) is 6.07 Å². The van der Waals surface area contributed by atoms with E-state index < -0.39 is 22.2 Å². The van der Waals surface area contributed by atoms with Gasteiger partial charge in [0.25, 0.3) is 5.91 Å². The maximum Gasteiger partial charge on any atom is 0.262 e. The Morgan fingerprint density at radius 2 is 1.92 bits per heavy atom. The minimum atomic E-state index is -3.90. The Morgan fingerprint density at radius 3 is 2.66 bits per heavy atom. The average molecular weight is 555 g/mol. The molecule has 1 aromatic heterocycles. The van der Waals surface area contributed by atoms with Crippen LogP contribution in [-0.2, 0) is 19.6 Å². The second-order valence-electron chi connectivity index (χ2n) is 9.51. The fourth-order valence-electron chi connectivity index (χ4n) is 4.32. The number of hydrogen-bond acceptors (Lipinski definition) is 7. The normalized spacial score (nSPS) is 17.2. The molecule has 0 radical (unpaired) electrons. The highest BCUT2D eigenvalue weighted by Gasteiger charge is 2.33. The molecule has 2 N–H and O–H groups in total. The molecule has 0 saturated carbocycles. The molecule has 2 atom stereocenters. The number of carbonyl (C=O) groups excluding carboxylic acids is 2. The number of ether oxygens (including phenoxy) is 1. The molecule has 2 unspecified atom stereocenters. The quantitative estimate of drug-likeness (QED) is 0.418. The molecule has 0 bridgehead atoms. The second kappa shape index (κ2) is 12.0. The maximum atomic E-state index is 13.2. The van der Waals surface area contributed by atoms with Gasteiger partial charge < -0.3 is 15.4 Å². The van der Waals surface area contributed by atoms with Gasteiger partial charge in [-0.05, 0) is 42.0 Å². The van der Waals surface area contributed by atoms with Gasteiger partial charge in [0.1, 0.15) is 12.1 Å². The van der Waals surface area contributed by atoms with Crippen molar-refractivity contribution in [3.05, 3.63) is 65.0 Å². The summed E-state index contributed by atoms with van der Waals surface area (Å²) in [5.41, 5.74) is 0.0785. The first kappa shape index (κ1) is 27.7. The van der Waals surface area contributed by atoms with Crippen LogP contribution in [0, 0.1) is 17.2 Å². The number of nitrogens with one attached hydrogen (secondary N) is 2. The monoisotopic (exact) mass is 554 g/mol. The third kappa shape index (κ3) is 6.39. The number of rotatable bonds is 9. The van der Waals surface area contributed by atoms with Gasteiger partial charge in [-0.3, -0.25) is 9.59 Å². The number of morpholine rings is 1. The number of nitriles is 1. The van der Waals surface area contributed by atoms with E-state index >= 15 is 0 Å². The molecule has 0 aliphatic carbocycles. The Labute approximate surface area is 226 Å². The van der Waals surface area contributed by atoms with E-state index in [1.165, 1.54) is 27.8 Å². The summed E-state index contributed by atoms with van der Waals surface area (Å²) >= 11 is 1.37. The van der Waals surface area contributed by atoms with E-state index in [4.69, 9.17) is 4.74 Å². The molecular weight excluding hydrogens is 524 g/mol. The molecule has 1 fully saturated rings. The van der Waals surface area contributed by atoms with Gasteiger partial charge in [-0.1, -0.05) is 44.2 Å². The molecular formula is C27H30N4O5S2. The third-order valence-corrected chi connectivity index (χ3v) is 9.25. The first-order chi connectivity index (χ1) is 18.2. The van der Waals surface area contributed by atoms with Crippen LogP contribution >= 0.6 is 11.3 Å². The Hall–Kier alpha value is -3.30. The molecule has 2 amide bonds. The number of thiophene rings is 1. The number of amides is 2. The standard InChI is InChI=1S/C27H30N4O5S2/c1-18(2)13-22(30-27(33)24-14-19-7-3-5-9-23(19)37-24)26(32)29-16-21-17-31(11-12-36-21)38(34,35)25-10-6-4-8-20(25)15-28/h3-10,14,18,21-22H,11-13,16-17H2,1-2H3,(H,29,32)(H,30,33). The van der Waals surface area contributed by atoms with Crippen LogP contribution in [0.3, 0.4) is 0 Å². The predicted molar refractivity (Wildman–Crippen MR) is 145 cm³/mol. The van der Waals surface area contributed by atoms with Gasteiger partial charge in [-0.2, -0.15) is 9.57 Å². The molecule has 4 rings (SSSR count). The van der Waals surface area contributed by atoms with E-state index in [1.807, 2.05) is 50.2 Å². The highest BCUT2D eigenvalue weighted by molar-refractivity contribution is 7.89. The van der Waals surface area contributed by atoms with Crippen LogP contribution in [0.4, 0.5) is 0 Å². The number of sulfonamides is 1. The van der Waals surface area contributed by atoms with Gasteiger partial charge in [0.05, 0.1) is 28.0 Å². The maximum absolute atomic E-state index is 13.2. The van der Waals surface area contributed by atoms with Gasteiger partial charge in [0.2, 0.25) is 15.9 Å². The molecule has 0 spiro atoms. The van der Waals surface area contributed by atoms with E-state index in [1.54, 1.807) is 12.1 Å². The van der Waals surface area contributed by atoms with Crippen molar-refractivity contribution in [1.82, 2.24) is 14.9 Å². The lowest BCUT2D eigenvalue weighted by Crippen LogP contribution is -2.52. The molecule has 200 valence electrons. The number of hydrogen-bond donors (Lipinski definition) is 2. The molecule has 38 heavy (non-hydrogen) atoms. The lowest BCUT2D eigenvalue weighted by Gasteiger charge is -2.32. The van der Waals surface area contributed by atoms with Gasteiger partial charge >= 0.3 is 0 Å². The lowest BCUT2D eigenvalue weighted by atomic mass is 10.0. The SMILES string of the molecule is CC(C)CC(NC(=O)c1cc2ccccc2s1)C(=O)NCC1CN(S(=O)(=O)c2ccccc2C#N)CCO1.